The van der Waals surface area contributed by atoms with Crippen LogP contribution >= 0.6 is 8.73 Å². The van der Waals surface area contributed by atoms with E-state index in [1.54, 1.807) is 6.33 Å². The number of nitrogens with zero attached hydrogens (tertiary/aromatic N) is 4. The fourth-order valence-corrected chi connectivity index (χ4v) is 3.20. The highest BCUT2D eigenvalue weighted by atomic mass is 31.1. The average Bonchev–Trinajstić information content (AvgIpc) is 3.14. The fraction of sp³-hybridized carbons (Fsp3) is 0.316. The smallest absolute Gasteiger partial charge is 0.165 e. The third kappa shape index (κ3) is 5.72. The van der Waals surface area contributed by atoms with E-state index >= 15 is 0 Å². The van der Waals surface area contributed by atoms with Gasteiger partial charge in [-0.25, -0.2) is 15.0 Å². The lowest BCUT2D eigenvalue weighted by Gasteiger charge is -2.13. The highest BCUT2D eigenvalue weighted by Crippen LogP contribution is 2.15. The van der Waals surface area contributed by atoms with Crippen molar-refractivity contribution in [2.24, 2.45) is 0 Å². The second-order valence-corrected chi connectivity index (χ2v) is 6.93. The quantitative estimate of drug-likeness (QED) is 0.289. The van der Waals surface area contributed by atoms with Crippen molar-refractivity contribution in [3.05, 3.63) is 48.5 Å². The Labute approximate surface area is 165 Å². The summed E-state index contributed by atoms with van der Waals surface area (Å²) < 4.78 is 13.2. The molecule has 3 rings (SSSR count). The lowest BCUT2D eigenvalue weighted by Crippen LogP contribution is -2.19. The molecule has 2 aromatic heterocycles. The predicted octanol–water partition coefficient (Wildman–Crippen LogP) is 1.78. The van der Waals surface area contributed by atoms with Gasteiger partial charge < -0.3 is 19.8 Å². The van der Waals surface area contributed by atoms with Crippen LogP contribution in [0, 0.1) is 12.3 Å². The number of nitrogens with one attached hydrogen (secondary N) is 1. The number of hydrogen-bond donors (Lipinski definition) is 2. The van der Waals surface area contributed by atoms with E-state index in [-0.39, 0.29) is 6.10 Å². The molecule has 28 heavy (non-hydrogen) atoms. The molecule has 3 aromatic rings. The Kier molecular flexibility index (Phi) is 7.71. The van der Waals surface area contributed by atoms with Gasteiger partial charge >= 0.3 is 0 Å². The summed E-state index contributed by atoms with van der Waals surface area (Å²) in [5, 5.41) is 3.30. The van der Waals surface area contributed by atoms with Gasteiger partial charge in [-0.05, 0) is 14.3 Å². The van der Waals surface area contributed by atoms with E-state index in [0.717, 1.165) is 6.54 Å². The molecule has 0 saturated heterocycles. The molecule has 2 atom stereocenters. The first kappa shape index (κ1) is 20.2. The zero-order chi connectivity index (χ0) is 19.6. The molecular weight excluding hydrogens is 375 g/mol. The monoisotopic (exact) mass is 398 g/mol. The van der Waals surface area contributed by atoms with Crippen LogP contribution in [0.5, 0.6) is 0 Å². The van der Waals surface area contributed by atoms with E-state index in [0.29, 0.717) is 51.8 Å². The van der Waals surface area contributed by atoms with Crippen molar-refractivity contribution in [2.45, 2.75) is 19.3 Å². The summed E-state index contributed by atoms with van der Waals surface area (Å²) in [6.07, 6.45) is 8.80. The average molecular weight is 398 g/mol. The molecule has 0 aliphatic rings. The Bertz CT molecular complexity index is 912. The largest absolute Gasteiger partial charge is 0.382 e. The summed E-state index contributed by atoms with van der Waals surface area (Å²) >= 11 is 0. The molecule has 0 bridgehead atoms. The Hall–Kier alpha value is -2.56. The van der Waals surface area contributed by atoms with Crippen molar-refractivity contribution in [3.8, 4) is 12.3 Å². The topological polar surface area (TPSA) is 100 Å². The highest BCUT2D eigenvalue weighted by Gasteiger charge is 2.12. The number of fused-ring (bicyclic) bond motifs is 1. The molecule has 8 nitrogen and oxygen atoms in total. The van der Waals surface area contributed by atoms with Gasteiger partial charge in [0.2, 0.25) is 0 Å². The van der Waals surface area contributed by atoms with Crippen LogP contribution in [0.15, 0.2) is 43.0 Å². The normalized spacial score (nSPS) is 12.5. The zero-order valence-electron chi connectivity index (χ0n) is 15.4. The number of anilines is 1. The molecule has 0 spiro atoms. The number of aromatic nitrogens is 4. The molecule has 0 aliphatic heterocycles. The van der Waals surface area contributed by atoms with Crippen LogP contribution in [-0.2, 0) is 22.6 Å². The Morgan fingerprint density at radius 1 is 1.25 bits per heavy atom. The van der Waals surface area contributed by atoms with Crippen LogP contribution in [0.3, 0.4) is 0 Å². The van der Waals surface area contributed by atoms with Crippen LogP contribution in [0.25, 0.3) is 11.2 Å². The molecular formula is C19H23N6O2P. The molecule has 0 amide bonds. The van der Waals surface area contributed by atoms with Gasteiger partial charge in [0, 0.05) is 6.54 Å². The Morgan fingerprint density at radius 3 is 2.93 bits per heavy atom. The molecule has 0 aliphatic carbocycles. The number of nitrogen functional groups attached to an aromatic ring is 1. The number of ether oxygens (including phenoxy) is 2. The van der Waals surface area contributed by atoms with Crippen LogP contribution < -0.4 is 10.8 Å². The van der Waals surface area contributed by atoms with Crippen LogP contribution in [0.2, 0.25) is 0 Å². The van der Waals surface area contributed by atoms with Crippen molar-refractivity contribution in [2.75, 3.05) is 25.2 Å². The summed E-state index contributed by atoms with van der Waals surface area (Å²) in [7, 11) is 0.435. The van der Waals surface area contributed by atoms with Crippen molar-refractivity contribution >= 4 is 25.7 Å². The van der Waals surface area contributed by atoms with Crippen molar-refractivity contribution < 1.29 is 9.47 Å². The van der Waals surface area contributed by atoms with E-state index in [9.17, 15) is 0 Å². The minimum Gasteiger partial charge on any atom is -0.382 e. The molecule has 0 radical (unpaired) electrons. The maximum atomic E-state index is 5.80. The number of hydrogen-bond acceptors (Lipinski definition) is 7. The van der Waals surface area contributed by atoms with E-state index in [2.05, 4.69) is 26.0 Å². The summed E-state index contributed by atoms with van der Waals surface area (Å²) in [5.74, 6) is 3.00. The molecule has 1 unspecified atom stereocenters. The first-order valence-electron chi connectivity index (χ1n) is 8.84. The van der Waals surface area contributed by atoms with Gasteiger partial charge in [-0.2, -0.15) is 0 Å². The van der Waals surface area contributed by atoms with Gasteiger partial charge in [0.25, 0.3) is 0 Å². The number of benzene rings is 1. The molecule has 0 saturated carbocycles. The second-order valence-electron chi connectivity index (χ2n) is 5.94. The lowest BCUT2D eigenvalue weighted by molar-refractivity contribution is 0.117. The molecule has 2 heterocycles. The maximum Gasteiger partial charge on any atom is 0.165 e. The van der Waals surface area contributed by atoms with Gasteiger partial charge in [0.15, 0.2) is 11.5 Å². The summed E-state index contributed by atoms with van der Waals surface area (Å²) in [6, 6.07) is 10.1. The van der Waals surface area contributed by atoms with Crippen LogP contribution in [0.4, 0.5) is 5.82 Å². The van der Waals surface area contributed by atoms with E-state index in [1.807, 2.05) is 34.9 Å². The van der Waals surface area contributed by atoms with Crippen LogP contribution in [0.1, 0.15) is 5.56 Å². The van der Waals surface area contributed by atoms with Gasteiger partial charge in [0.05, 0.1) is 32.4 Å². The predicted molar refractivity (Wildman–Crippen MR) is 111 cm³/mol. The Balaban J connectivity index is 1.32. The van der Waals surface area contributed by atoms with E-state index in [1.165, 1.54) is 11.9 Å². The van der Waals surface area contributed by atoms with Gasteiger partial charge in [-0.15, -0.1) is 6.42 Å². The van der Waals surface area contributed by atoms with E-state index in [4.69, 9.17) is 21.6 Å². The van der Waals surface area contributed by atoms with E-state index < -0.39 is 0 Å². The summed E-state index contributed by atoms with van der Waals surface area (Å²) in [4.78, 5) is 12.4. The zero-order valence-corrected chi connectivity index (χ0v) is 16.4. The standard InChI is InChI=1S/C19H23N6O2P/c1-2-16(10-25-13-23-17-18(20)21-12-22-19(17)25)27-14-28-24-8-9-26-11-15-6-4-3-5-7-15/h1,3-7,12-13,16,24,28H,8-11,14H2,(H2,20,21,22)/t16-/m1/s1. The third-order valence-electron chi connectivity index (χ3n) is 3.94. The van der Waals surface area contributed by atoms with Gasteiger partial charge in [0.1, 0.15) is 17.9 Å². The van der Waals surface area contributed by atoms with Crippen molar-refractivity contribution in [1.29, 1.82) is 0 Å². The molecule has 0 fully saturated rings. The number of terminal acetylenes is 1. The summed E-state index contributed by atoms with van der Waals surface area (Å²) in [5.41, 5.74) is 8.18. The second kappa shape index (κ2) is 10.7. The first-order valence-corrected chi connectivity index (χ1v) is 10.0. The molecule has 3 N–H and O–H groups in total. The lowest BCUT2D eigenvalue weighted by atomic mass is 10.2. The minimum absolute atomic E-state index is 0.349. The maximum absolute atomic E-state index is 5.80. The highest BCUT2D eigenvalue weighted by molar-refractivity contribution is 7.35. The molecule has 9 heteroatoms. The fourth-order valence-electron chi connectivity index (χ4n) is 2.53. The van der Waals surface area contributed by atoms with Gasteiger partial charge in [-0.3, -0.25) is 5.09 Å². The number of rotatable bonds is 11. The van der Waals surface area contributed by atoms with Crippen LogP contribution in [-0.4, -0.2) is 45.1 Å². The Morgan fingerprint density at radius 2 is 2.11 bits per heavy atom. The molecule has 146 valence electrons. The van der Waals surface area contributed by atoms with Crippen molar-refractivity contribution in [3.63, 3.8) is 0 Å². The minimum atomic E-state index is -0.378. The number of imidazole rings is 1. The SMILES string of the molecule is C#C[C@H](Cn1cnc2c(N)ncnc21)OCPNCCOCc1ccccc1. The first-order chi connectivity index (χ1) is 13.8. The number of nitrogens with two attached hydrogens (primary N) is 1. The third-order valence-corrected chi connectivity index (χ3v) is 4.75. The van der Waals surface area contributed by atoms with Gasteiger partial charge in [-0.1, -0.05) is 36.3 Å². The van der Waals surface area contributed by atoms with Crippen molar-refractivity contribution in [1.82, 2.24) is 24.6 Å². The molecule has 1 aromatic carbocycles. The summed E-state index contributed by atoms with van der Waals surface area (Å²) in [6.45, 7) is 2.47.